The Balaban J connectivity index is 2.17. The van der Waals surface area contributed by atoms with E-state index in [0.717, 1.165) is 91.1 Å². The molecule has 0 aromatic carbocycles. The number of pyridine rings is 1. The Bertz CT molecular complexity index is 754. The second-order valence-electron chi connectivity index (χ2n) is 7.10. The number of aryl methyl sites for hydroxylation is 4. The highest BCUT2D eigenvalue weighted by Gasteiger charge is 2.17. The number of nitrogens with two attached hydrogens (primary N) is 1. The van der Waals surface area contributed by atoms with Gasteiger partial charge in [-0.25, -0.2) is 9.97 Å². The molecule has 0 radical (unpaired) electrons. The first kappa shape index (κ1) is 20.9. The molecule has 1 atom stereocenters. The van der Waals surface area contributed by atoms with Crippen LogP contribution in [0.2, 0.25) is 0 Å². The summed E-state index contributed by atoms with van der Waals surface area (Å²) in [4.78, 5) is 9.27. The zero-order chi connectivity index (χ0) is 19.1. The molecule has 5 nitrogen and oxygen atoms in total. The molecule has 0 spiro atoms. The van der Waals surface area contributed by atoms with Gasteiger partial charge in [-0.1, -0.05) is 26.7 Å². The third kappa shape index (κ3) is 5.06. The van der Waals surface area contributed by atoms with E-state index in [4.69, 9.17) is 10.7 Å². The number of fused-ring (bicyclic) bond motifs is 1. The highest BCUT2D eigenvalue weighted by atomic mass is 32.2. The van der Waals surface area contributed by atoms with Crippen molar-refractivity contribution in [2.45, 2.75) is 79.2 Å². The molecular formula is C20H34N4OS. The molecule has 2 rings (SSSR count). The Morgan fingerprint density at radius 2 is 1.69 bits per heavy atom. The summed E-state index contributed by atoms with van der Waals surface area (Å²) < 4.78 is 14.3. The van der Waals surface area contributed by atoms with Gasteiger partial charge in [0, 0.05) is 41.0 Å². The minimum absolute atomic E-state index is 0.528. The summed E-state index contributed by atoms with van der Waals surface area (Å²) in [6, 6.07) is 0. The van der Waals surface area contributed by atoms with Crippen molar-refractivity contribution in [2.75, 3.05) is 17.2 Å². The Morgan fingerprint density at radius 1 is 1.00 bits per heavy atom. The molecule has 146 valence electrons. The third-order valence-corrected chi connectivity index (χ3v) is 6.45. The minimum atomic E-state index is -0.672. The van der Waals surface area contributed by atoms with Gasteiger partial charge in [-0.15, -0.1) is 0 Å². The van der Waals surface area contributed by atoms with Gasteiger partial charge < -0.3 is 10.3 Å². The zero-order valence-corrected chi connectivity index (χ0v) is 17.6. The van der Waals surface area contributed by atoms with Gasteiger partial charge in [-0.2, -0.15) is 0 Å². The summed E-state index contributed by atoms with van der Waals surface area (Å²) in [5.74, 6) is 3.28. The second kappa shape index (κ2) is 10.0. The van der Waals surface area contributed by atoms with Crippen molar-refractivity contribution in [3.8, 4) is 0 Å². The molecule has 0 fully saturated rings. The largest absolute Gasteiger partial charge is 0.382 e. The van der Waals surface area contributed by atoms with Crippen LogP contribution in [-0.4, -0.2) is 30.2 Å². The molecule has 0 bridgehead atoms. The van der Waals surface area contributed by atoms with Crippen molar-refractivity contribution in [3.63, 3.8) is 0 Å². The van der Waals surface area contributed by atoms with Crippen LogP contribution < -0.4 is 5.73 Å². The van der Waals surface area contributed by atoms with E-state index < -0.39 is 10.8 Å². The third-order valence-electron chi connectivity index (χ3n) is 4.96. The van der Waals surface area contributed by atoms with E-state index in [2.05, 4.69) is 30.3 Å². The van der Waals surface area contributed by atoms with Crippen molar-refractivity contribution in [3.05, 3.63) is 17.1 Å². The minimum Gasteiger partial charge on any atom is -0.382 e. The Morgan fingerprint density at radius 3 is 2.38 bits per heavy atom. The number of unbranched alkanes of at least 4 members (excludes halogenated alkanes) is 3. The van der Waals surface area contributed by atoms with E-state index in [0.29, 0.717) is 5.82 Å². The lowest BCUT2D eigenvalue weighted by Crippen LogP contribution is -2.08. The van der Waals surface area contributed by atoms with E-state index in [1.165, 1.54) is 0 Å². The molecule has 6 heteroatoms. The standard InChI is InChI=1S/C20H34N4OS/c1-5-7-11-17-23-18-19(15(3)16(4)22-20(18)21)24(17)12-9-10-14-26(25)13-8-6-2/h5-14H2,1-4H3,(H2,21,22). The van der Waals surface area contributed by atoms with Crippen LogP contribution in [0.4, 0.5) is 5.82 Å². The number of rotatable bonds is 11. The van der Waals surface area contributed by atoms with Crippen LogP contribution in [0.15, 0.2) is 0 Å². The fourth-order valence-corrected chi connectivity index (χ4v) is 4.59. The van der Waals surface area contributed by atoms with E-state index in [1.807, 2.05) is 6.92 Å². The molecule has 2 N–H and O–H groups in total. The monoisotopic (exact) mass is 378 g/mol. The number of aromatic nitrogens is 3. The topological polar surface area (TPSA) is 73.8 Å². The van der Waals surface area contributed by atoms with Gasteiger partial charge in [0.25, 0.3) is 0 Å². The van der Waals surface area contributed by atoms with Crippen LogP contribution >= 0.6 is 0 Å². The number of imidazole rings is 1. The molecule has 0 saturated heterocycles. The number of nitrogens with zero attached hydrogens (tertiary/aromatic N) is 3. The van der Waals surface area contributed by atoms with E-state index >= 15 is 0 Å². The lowest BCUT2D eigenvalue weighted by atomic mass is 10.2. The molecule has 0 aliphatic carbocycles. The van der Waals surface area contributed by atoms with Crippen LogP contribution in [0.25, 0.3) is 11.0 Å². The SMILES string of the molecule is CCCCc1nc2c(N)nc(C)c(C)c2n1CCCCS(=O)CCCC. The van der Waals surface area contributed by atoms with Gasteiger partial charge >= 0.3 is 0 Å². The molecule has 0 aliphatic rings. The lowest BCUT2D eigenvalue weighted by molar-refractivity contribution is 0.601. The molecular weight excluding hydrogens is 344 g/mol. The molecule has 2 aromatic heterocycles. The van der Waals surface area contributed by atoms with Crippen molar-refractivity contribution < 1.29 is 4.21 Å². The number of anilines is 1. The summed E-state index contributed by atoms with van der Waals surface area (Å²) in [5, 5.41) is 0. The maximum atomic E-state index is 12.0. The molecule has 2 heterocycles. The molecule has 2 aromatic rings. The Labute approximate surface area is 160 Å². The average molecular weight is 379 g/mol. The lowest BCUT2D eigenvalue weighted by Gasteiger charge is -2.12. The highest BCUT2D eigenvalue weighted by molar-refractivity contribution is 7.84. The number of hydrogen-bond acceptors (Lipinski definition) is 4. The normalized spacial score (nSPS) is 12.8. The van der Waals surface area contributed by atoms with Crippen molar-refractivity contribution in [1.82, 2.24) is 14.5 Å². The summed E-state index contributed by atoms with van der Waals surface area (Å²) in [5.41, 5.74) is 10.3. The molecule has 26 heavy (non-hydrogen) atoms. The fourth-order valence-electron chi connectivity index (χ4n) is 3.25. The van der Waals surface area contributed by atoms with E-state index in [-0.39, 0.29) is 0 Å². The maximum Gasteiger partial charge on any atom is 0.151 e. The van der Waals surface area contributed by atoms with Crippen molar-refractivity contribution >= 4 is 27.7 Å². The first-order chi connectivity index (χ1) is 12.5. The van der Waals surface area contributed by atoms with Gasteiger partial charge in [0.05, 0.1) is 5.52 Å². The smallest absolute Gasteiger partial charge is 0.151 e. The van der Waals surface area contributed by atoms with Crippen molar-refractivity contribution in [2.24, 2.45) is 0 Å². The van der Waals surface area contributed by atoms with E-state index in [9.17, 15) is 4.21 Å². The Hall–Kier alpha value is -1.43. The maximum absolute atomic E-state index is 12.0. The first-order valence-corrected chi connectivity index (χ1v) is 11.4. The second-order valence-corrected chi connectivity index (χ2v) is 8.79. The number of nitrogen functional groups attached to an aromatic ring is 1. The van der Waals surface area contributed by atoms with Crippen LogP contribution in [0.3, 0.4) is 0 Å². The predicted molar refractivity (Wildman–Crippen MR) is 112 cm³/mol. The highest BCUT2D eigenvalue weighted by Crippen LogP contribution is 2.27. The molecule has 0 aliphatic heterocycles. The summed E-state index contributed by atoms with van der Waals surface area (Å²) in [7, 11) is -0.672. The quantitative estimate of drug-likeness (QED) is 0.592. The fraction of sp³-hybridized carbons (Fsp3) is 0.700. The van der Waals surface area contributed by atoms with Gasteiger partial charge in [0.15, 0.2) is 5.82 Å². The van der Waals surface area contributed by atoms with Crippen LogP contribution in [0.1, 0.15) is 69.5 Å². The van der Waals surface area contributed by atoms with Crippen molar-refractivity contribution in [1.29, 1.82) is 0 Å². The first-order valence-electron chi connectivity index (χ1n) is 9.96. The summed E-state index contributed by atoms with van der Waals surface area (Å²) >= 11 is 0. The van der Waals surface area contributed by atoms with Gasteiger partial charge in [0.1, 0.15) is 11.3 Å². The zero-order valence-electron chi connectivity index (χ0n) is 16.8. The summed E-state index contributed by atoms with van der Waals surface area (Å²) in [6.45, 7) is 9.36. The molecule has 0 saturated carbocycles. The molecule has 0 amide bonds. The molecule has 1 unspecified atom stereocenters. The van der Waals surface area contributed by atoms with Gasteiger partial charge in [0.2, 0.25) is 0 Å². The van der Waals surface area contributed by atoms with Crippen LogP contribution in [0.5, 0.6) is 0 Å². The van der Waals surface area contributed by atoms with E-state index in [1.54, 1.807) is 0 Å². The average Bonchev–Trinajstić information content (AvgIpc) is 2.99. The number of hydrogen-bond donors (Lipinski definition) is 1. The Kier molecular flexibility index (Phi) is 8.07. The van der Waals surface area contributed by atoms with Gasteiger partial charge in [-0.3, -0.25) is 4.21 Å². The summed E-state index contributed by atoms with van der Waals surface area (Å²) in [6.07, 6.45) is 7.41. The van der Waals surface area contributed by atoms with Gasteiger partial charge in [-0.05, 0) is 45.1 Å². The van der Waals surface area contributed by atoms with Crippen LogP contribution in [0, 0.1) is 13.8 Å². The van der Waals surface area contributed by atoms with Crippen LogP contribution in [-0.2, 0) is 23.8 Å². The predicted octanol–water partition coefficient (Wildman–Crippen LogP) is 4.30.